The lowest BCUT2D eigenvalue weighted by molar-refractivity contribution is -0.160. The van der Waals surface area contributed by atoms with Gasteiger partial charge in [-0.25, -0.2) is 19.6 Å². The van der Waals surface area contributed by atoms with Crippen molar-refractivity contribution in [3.8, 4) is 0 Å². The minimum Gasteiger partial charge on any atom is -0.461 e. The van der Waals surface area contributed by atoms with Crippen LogP contribution in [0.3, 0.4) is 0 Å². The molecule has 4 atom stereocenters. The van der Waals surface area contributed by atoms with Gasteiger partial charge in [0, 0.05) is 10.8 Å². The molecule has 39 heavy (non-hydrogen) atoms. The van der Waals surface area contributed by atoms with Crippen LogP contribution in [0, 0.1) is 11.8 Å². The van der Waals surface area contributed by atoms with Crippen molar-refractivity contribution in [2.75, 3.05) is 13.2 Å². The molecular formula is C25H34Cl2N2O8S2. The third-order valence-electron chi connectivity index (χ3n) is 5.55. The van der Waals surface area contributed by atoms with Gasteiger partial charge in [-0.05, 0) is 46.0 Å². The van der Waals surface area contributed by atoms with Crippen LogP contribution in [0.1, 0.15) is 97.1 Å². The van der Waals surface area contributed by atoms with Gasteiger partial charge in [0.1, 0.15) is 27.1 Å². The standard InChI is InChI=1S/C25H34Cl2N2O8S2/c1-6-35-23(33)15-11-38-20(28-15)18(31)10-36-24(34)16-12-39-21(29-16)19(13(2)3)37-22(32)14(4)17(30)8-7-9-25(5,26)27/h11-14,17-19,30-31H,6-10H2,1-5H3/t14-,17-,18+,19-/m0/s1. The summed E-state index contributed by atoms with van der Waals surface area (Å²) in [6, 6.07) is 0. The number of esters is 3. The molecule has 0 aliphatic heterocycles. The van der Waals surface area contributed by atoms with Crippen LogP contribution in [0.15, 0.2) is 10.8 Å². The molecule has 0 saturated heterocycles. The molecule has 0 spiro atoms. The lowest BCUT2D eigenvalue weighted by Gasteiger charge is -2.24. The predicted octanol–water partition coefficient (Wildman–Crippen LogP) is 5.27. The van der Waals surface area contributed by atoms with E-state index in [0.29, 0.717) is 24.3 Å². The minimum absolute atomic E-state index is 0.00599. The first-order valence-electron chi connectivity index (χ1n) is 12.4. The smallest absolute Gasteiger partial charge is 0.357 e. The number of hydrogen-bond donors (Lipinski definition) is 2. The fourth-order valence-corrected chi connectivity index (χ4v) is 5.30. The van der Waals surface area contributed by atoms with E-state index in [-0.39, 0.29) is 28.9 Å². The average Bonchev–Trinajstić information content (AvgIpc) is 3.54. The van der Waals surface area contributed by atoms with Crippen molar-refractivity contribution in [1.82, 2.24) is 9.97 Å². The number of aromatic nitrogens is 2. The molecule has 10 nitrogen and oxygen atoms in total. The first-order valence-corrected chi connectivity index (χ1v) is 14.9. The molecule has 2 rings (SSSR count). The summed E-state index contributed by atoms with van der Waals surface area (Å²) in [5.74, 6) is -2.92. The Kier molecular flexibility index (Phi) is 13.0. The minimum atomic E-state index is -1.24. The van der Waals surface area contributed by atoms with Crippen LogP contribution < -0.4 is 0 Å². The van der Waals surface area contributed by atoms with Crippen LogP contribution in [0.4, 0.5) is 0 Å². The fraction of sp³-hybridized carbons (Fsp3) is 0.640. The first-order chi connectivity index (χ1) is 18.2. The Morgan fingerprint density at radius 3 is 2.13 bits per heavy atom. The quantitative estimate of drug-likeness (QED) is 0.153. The maximum Gasteiger partial charge on any atom is 0.357 e. The van der Waals surface area contributed by atoms with Gasteiger partial charge in [-0.1, -0.05) is 13.8 Å². The molecule has 2 N–H and O–H groups in total. The lowest BCUT2D eigenvalue weighted by Crippen LogP contribution is -2.30. The summed E-state index contributed by atoms with van der Waals surface area (Å²) < 4.78 is 14.8. The molecule has 0 aromatic carbocycles. The molecule has 218 valence electrons. The zero-order chi connectivity index (χ0) is 29.3. The second-order valence-corrected chi connectivity index (χ2v) is 13.0. The number of carbonyl (C=O) groups is 3. The van der Waals surface area contributed by atoms with Gasteiger partial charge in [0.15, 0.2) is 17.5 Å². The van der Waals surface area contributed by atoms with Crippen LogP contribution in [0.5, 0.6) is 0 Å². The Hall–Kier alpha value is -1.83. The summed E-state index contributed by atoms with van der Waals surface area (Å²) in [6.45, 7) is 8.40. The number of ether oxygens (including phenoxy) is 3. The van der Waals surface area contributed by atoms with E-state index in [0.717, 1.165) is 22.7 Å². The third kappa shape index (κ3) is 10.6. The third-order valence-corrected chi connectivity index (χ3v) is 7.78. The summed E-state index contributed by atoms with van der Waals surface area (Å²) in [4.78, 5) is 45.3. The van der Waals surface area contributed by atoms with E-state index in [4.69, 9.17) is 37.4 Å². The molecule has 14 heteroatoms. The van der Waals surface area contributed by atoms with Crippen molar-refractivity contribution >= 4 is 63.8 Å². The number of nitrogens with zero attached hydrogens (tertiary/aromatic N) is 2. The van der Waals surface area contributed by atoms with E-state index in [2.05, 4.69) is 9.97 Å². The molecule has 2 aromatic heterocycles. The number of hydrogen-bond acceptors (Lipinski definition) is 12. The Morgan fingerprint density at radius 2 is 1.56 bits per heavy atom. The molecular weight excluding hydrogens is 591 g/mol. The van der Waals surface area contributed by atoms with Gasteiger partial charge < -0.3 is 24.4 Å². The number of rotatable bonds is 15. The summed E-state index contributed by atoms with van der Waals surface area (Å²) in [5, 5.41) is 24.2. The van der Waals surface area contributed by atoms with Gasteiger partial charge >= 0.3 is 17.9 Å². The first kappa shape index (κ1) is 33.4. The zero-order valence-corrected chi connectivity index (χ0v) is 25.5. The highest BCUT2D eigenvalue weighted by Crippen LogP contribution is 2.31. The monoisotopic (exact) mass is 624 g/mol. The Bertz CT molecular complexity index is 1100. The highest BCUT2D eigenvalue weighted by Gasteiger charge is 2.31. The number of thiazole rings is 2. The lowest BCUT2D eigenvalue weighted by atomic mass is 9.99. The molecule has 0 radical (unpaired) electrons. The van der Waals surface area contributed by atoms with Gasteiger partial charge in [0.25, 0.3) is 0 Å². The SMILES string of the molecule is CCOC(=O)c1csc([C@H](O)COC(=O)c2csc([C@@H](OC(=O)[C@@H](C)[C@@H](O)CCCC(C)(Cl)Cl)C(C)C)n2)n1. The second kappa shape index (κ2) is 15.2. The van der Waals surface area contributed by atoms with Crippen molar-refractivity contribution in [2.24, 2.45) is 11.8 Å². The molecule has 0 aliphatic carbocycles. The predicted molar refractivity (Wildman–Crippen MR) is 148 cm³/mol. The molecule has 0 amide bonds. The molecule has 0 aliphatic rings. The maximum atomic E-state index is 12.8. The highest BCUT2D eigenvalue weighted by molar-refractivity contribution is 7.10. The fourth-order valence-electron chi connectivity index (χ4n) is 3.28. The molecule has 0 fully saturated rings. The average molecular weight is 626 g/mol. The van der Waals surface area contributed by atoms with E-state index < -0.39 is 53.1 Å². The van der Waals surface area contributed by atoms with Gasteiger partial charge in [0.05, 0.1) is 18.6 Å². The second-order valence-electron chi connectivity index (χ2n) is 9.40. The van der Waals surface area contributed by atoms with Crippen molar-refractivity contribution in [1.29, 1.82) is 0 Å². The number of alkyl halides is 2. The summed E-state index contributed by atoms with van der Waals surface area (Å²) >= 11 is 14.1. The summed E-state index contributed by atoms with van der Waals surface area (Å²) in [7, 11) is 0. The van der Waals surface area contributed by atoms with Gasteiger partial charge in [-0.2, -0.15) is 0 Å². The van der Waals surface area contributed by atoms with Crippen LogP contribution in [-0.4, -0.2) is 61.7 Å². The number of aliphatic hydroxyl groups excluding tert-OH is 2. The topological polar surface area (TPSA) is 145 Å². The molecule has 0 bridgehead atoms. The van der Waals surface area contributed by atoms with Crippen LogP contribution >= 0.6 is 45.9 Å². The Balaban J connectivity index is 1.95. The molecule has 0 unspecified atom stereocenters. The van der Waals surface area contributed by atoms with Gasteiger partial charge in [0.2, 0.25) is 0 Å². The number of carbonyl (C=O) groups excluding carboxylic acids is 3. The van der Waals surface area contributed by atoms with E-state index in [1.54, 1.807) is 20.8 Å². The molecule has 2 aromatic rings. The largest absolute Gasteiger partial charge is 0.461 e. The maximum absolute atomic E-state index is 12.8. The Morgan fingerprint density at radius 1 is 1.00 bits per heavy atom. The highest BCUT2D eigenvalue weighted by atomic mass is 35.5. The molecule has 0 saturated carbocycles. The van der Waals surface area contributed by atoms with E-state index >= 15 is 0 Å². The van der Waals surface area contributed by atoms with Crippen molar-refractivity contribution < 1.29 is 38.8 Å². The van der Waals surface area contributed by atoms with E-state index in [1.165, 1.54) is 10.8 Å². The molecule has 2 heterocycles. The van der Waals surface area contributed by atoms with Crippen molar-refractivity contribution in [2.45, 2.75) is 76.5 Å². The van der Waals surface area contributed by atoms with E-state index in [9.17, 15) is 24.6 Å². The van der Waals surface area contributed by atoms with Gasteiger partial charge in [-0.15, -0.1) is 45.9 Å². The normalized spacial score (nSPS) is 14.9. The van der Waals surface area contributed by atoms with Crippen molar-refractivity contribution in [3.63, 3.8) is 0 Å². The number of aliphatic hydroxyl groups is 2. The van der Waals surface area contributed by atoms with Crippen LogP contribution in [-0.2, 0) is 19.0 Å². The van der Waals surface area contributed by atoms with Crippen LogP contribution in [0.2, 0.25) is 0 Å². The summed E-state index contributed by atoms with van der Waals surface area (Å²) in [5.41, 5.74) is 0.0597. The summed E-state index contributed by atoms with van der Waals surface area (Å²) in [6.07, 6.45) is -1.56. The number of halogens is 2. The Labute approximate surface area is 245 Å². The zero-order valence-electron chi connectivity index (χ0n) is 22.4. The van der Waals surface area contributed by atoms with E-state index in [1.807, 2.05) is 13.8 Å². The van der Waals surface area contributed by atoms with Crippen molar-refractivity contribution in [3.05, 3.63) is 32.2 Å². The van der Waals surface area contributed by atoms with Gasteiger partial charge in [-0.3, -0.25) is 4.79 Å². The van der Waals surface area contributed by atoms with Crippen LogP contribution in [0.25, 0.3) is 0 Å².